The summed E-state index contributed by atoms with van der Waals surface area (Å²) in [5, 5.41) is 9.52. The molecule has 0 bridgehead atoms. The standard InChI is InChI=1S/C20H15NO4/c1-2-13-5-8-17-16(10-19(22)25-18(17)9-13)12-24-20(23)15-6-3-14(11-21)4-7-15/h3-10H,2,12H2,1H3. The minimum atomic E-state index is -0.518. The molecule has 0 N–H and O–H groups in total. The van der Waals surface area contributed by atoms with Crippen molar-refractivity contribution in [3.05, 3.63) is 81.2 Å². The molecule has 1 heterocycles. The lowest BCUT2D eigenvalue weighted by Gasteiger charge is -2.08. The molecule has 0 atom stereocenters. The van der Waals surface area contributed by atoms with Gasteiger partial charge in [-0.3, -0.25) is 0 Å². The molecule has 3 rings (SSSR count). The van der Waals surface area contributed by atoms with Crippen LogP contribution >= 0.6 is 0 Å². The van der Waals surface area contributed by atoms with Crippen molar-refractivity contribution < 1.29 is 13.9 Å². The molecule has 5 nitrogen and oxygen atoms in total. The molecule has 5 heteroatoms. The maximum Gasteiger partial charge on any atom is 0.338 e. The second-order valence-electron chi connectivity index (χ2n) is 5.54. The monoisotopic (exact) mass is 333 g/mol. The van der Waals surface area contributed by atoms with Gasteiger partial charge in [0.15, 0.2) is 0 Å². The van der Waals surface area contributed by atoms with Crippen molar-refractivity contribution in [3.8, 4) is 6.07 Å². The predicted molar refractivity (Wildman–Crippen MR) is 92.1 cm³/mol. The average Bonchev–Trinajstić information content (AvgIpc) is 2.65. The first-order valence-electron chi connectivity index (χ1n) is 7.83. The van der Waals surface area contributed by atoms with Gasteiger partial charge >= 0.3 is 11.6 Å². The number of rotatable bonds is 4. The van der Waals surface area contributed by atoms with Crippen molar-refractivity contribution in [3.63, 3.8) is 0 Å². The van der Waals surface area contributed by atoms with Crippen LogP contribution in [0.3, 0.4) is 0 Å². The van der Waals surface area contributed by atoms with E-state index in [1.807, 2.05) is 31.2 Å². The molecule has 2 aromatic carbocycles. The van der Waals surface area contributed by atoms with Gasteiger partial charge in [0.25, 0.3) is 0 Å². The van der Waals surface area contributed by atoms with Gasteiger partial charge in [-0.2, -0.15) is 5.26 Å². The van der Waals surface area contributed by atoms with Crippen molar-refractivity contribution in [2.75, 3.05) is 0 Å². The minimum absolute atomic E-state index is 0.0353. The van der Waals surface area contributed by atoms with E-state index in [-0.39, 0.29) is 6.61 Å². The third kappa shape index (κ3) is 3.59. The molecule has 25 heavy (non-hydrogen) atoms. The summed E-state index contributed by atoms with van der Waals surface area (Å²) in [6.07, 6.45) is 0.831. The Bertz CT molecular complexity index is 1030. The lowest BCUT2D eigenvalue weighted by Crippen LogP contribution is -2.08. The van der Waals surface area contributed by atoms with Crippen LogP contribution in [-0.2, 0) is 17.8 Å². The first-order chi connectivity index (χ1) is 12.1. The van der Waals surface area contributed by atoms with Gasteiger partial charge < -0.3 is 9.15 Å². The molecule has 0 saturated heterocycles. The number of carbonyl (C=O) groups is 1. The van der Waals surface area contributed by atoms with Crippen molar-refractivity contribution in [1.29, 1.82) is 5.26 Å². The van der Waals surface area contributed by atoms with Gasteiger partial charge in [-0.05, 0) is 42.3 Å². The highest BCUT2D eigenvalue weighted by Crippen LogP contribution is 2.20. The van der Waals surface area contributed by atoms with Crippen molar-refractivity contribution in [2.45, 2.75) is 20.0 Å². The summed E-state index contributed by atoms with van der Waals surface area (Å²) in [7, 11) is 0. The Balaban J connectivity index is 1.84. The molecular formula is C20H15NO4. The fourth-order valence-corrected chi connectivity index (χ4v) is 2.52. The summed E-state index contributed by atoms with van der Waals surface area (Å²) in [6.45, 7) is 1.98. The van der Waals surface area contributed by atoms with Crippen LogP contribution in [0.2, 0.25) is 0 Å². The van der Waals surface area contributed by atoms with E-state index >= 15 is 0 Å². The fraction of sp³-hybridized carbons (Fsp3) is 0.150. The van der Waals surface area contributed by atoms with Gasteiger partial charge in [0, 0.05) is 17.0 Å². The van der Waals surface area contributed by atoms with Gasteiger partial charge in [0.2, 0.25) is 0 Å². The zero-order chi connectivity index (χ0) is 17.8. The maximum absolute atomic E-state index is 12.1. The second-order valence-corrected chi connectivity index (χ2v) is 5.54. The van der Waals surface area contributed by atoms with E-state index in [4.69, 9.17) is 14.4 Å². The van der Waals surface area contributed by atoms with Crippen LogP contribution in [0.5, 0.6) is 0 Å². The van der Waals surface area contributed by atoms with E-state index in [2.05, 4.69) is 0 Å². The number of nitriles is 1. The normalized spacial score (nSPS) is 10.4. The van der Waals surface area contributed by atoms with Gasteiger partial charge in [0.05, 0.1) is 17.2 Å². The Morgan fingerprint density at radius 2 is 1.92 bits per heavy atom. The maximum atomic E-state index is 12.1. The molecule has 0 radical (unpaired) electrons. The van der Waals surface area contributed by atoms with Crippen molar-refractivity contribution in [1.82, 2.24) is 0 Å². The van der Waals surface area contributed by atoms with Crippen molar-refractivity contribution >= 4 is 16.9 Å². The summed E-state index contributed by atoms with van der Waals surface area (Å²) in [5.41, 5.74) is 2.47. The Labute approximate surface area is 144 Å². The van der Waals surface area contributed by atoms with Crippen LogP contribution in [-0.4, -0.2) is 5.97 Å². The molecule has 124 valence electrons. The fourth-order valence-electron chi connectivity index (χ4n) is 2.52. The molecule has 0 aliphatic carbocycles. The molecule has 3 aromatic rings. The van der Waals surface area contributed by atoms with Crippen LogP contribution < -0.4 is 5.63 Å². The molecule has 0 aliphatic rings. The smallest absolute Gasteiger partial charge is 0.338 e. The number of fused-ring (bicyclic) bond motifs is 1. The van der Waals surface area contributed by atoms with Gasteiger partial charge in [0.1, 0.15) is 12.2 Å². The average molecular weight is 333 g/mol. The Morgan fingerprint density at radius 3 is 2.60 bits per heavy atom. The van der Waals surface area contributed by atoms with E-state index in [0.717, 1.165) is 17.4 Å². The third-order valence-corrected chi connectivity index (χ3v) is 3.91. The first-order valence-corrected chi connectivity index (χ1v) is 7.83. The van der Waals surface area contributed by atoms with Gasteiger partial charge in [-0.1, -0.05) is 19.1 Å². The van der Waals surface area contributed by atoms with Gasteiger partial charge in [-0.15, -0.1) is 0 Å². The first kappa shape index (κ1) is 16.5. The van der Waals surface area contributed by atoms with E-state index in [0.29, 0.717) is 22.3 Å². The molecule has 0 aliphatic heterocycles. The number of aryl methyl sites for hydroxylation is 1. The molecule has 1 aromatic heterocycles. The van der Waals surface area contributed by atoms with Crippen LogP contribution in [0, 0.1) is 11.3 Å². The Hall–Kier alpha value is -3.39. The second kappa shape index (κ2) is 7.02. The lowest BCUT2D eigenvalue weighted by molar-refractivity contribution is 0.0474. The number of hydrogen-bond acceptors (Lipinski definition) is 5. The van der Waals surface area contributed by atoms with Crippen LogP contribution in [0.1, 0.15) is 34.0 Å². The SMILES string of the molecule is CCc1ccc2c(COC(=O)c3ccc(C#N)cc3)cc(=O)oc2c1. The number of ether oxygens (including phenoxy) is 1. The minimum Gasteiger partial charge on any atom is -0.457 e. The van der Waals surface area contributed by atoms with Crippen molar-refractivity contribution in [2.24, 2.45) is 0 Å². The summed E-state index contributed by atoms with van der Waals surface area (Å²) in [4.78, 5) is 23.9. The highest BCUT2D eigenvalue weighted by Gasteiger charge is 2.11. The summed E-state index contributed by atoms with van der Waals surface area (Å²) < 4.78 is 10.5. The van der Waals surface area contributed by atoms with E-state index < -0.39 is 11.6 Å². The number of hydrogen-bond donors (Lipinski definition) is 0. The zero-order valence-corrected chi connectivity index (χ0v) is 13.6. The molecule has 0 saturated carbocycles. The zero-order valence-electron chi connectivity index (χ0n) is 13.6. The highest BCUT2D eigenvalue weighted by atomic mass is 16.5. The predicted octanol–water partition coefficient (Wildman–Crippen LogP) is 3.58. The van der Waals surface area contributed by atoms with E-state index in [1.165, 1.54) is 18.2 Å². The number of esters is 1. The third-order valence-electron chi connectivity index (χ3n) is 3.91. The summed E-state index contributed by atoms with van der Waals surface area (Å²) in [5.74, 6) is -0.518. The molecule has 0 fully saturated rings. The number of benzene rings is 2. The largest absolute Gasteiger partial charge is 0.457 e. The molecule has 0 spiro atoms. The number of nitrogens with zero attached hydrogens (tertiary/aromatic N) is 1. The lowest BCUT2D eigenvalue weighted by atomic mass is 10.1. The highest BCUT2D eigenvalue weighted by molar-refractivity contribution is 5.89. The number of carbonyl (C=O) groups excluding carboxylic acids is 1. The van der Waals surface area contributed by atoms with Gasteiger partial charge in [-0.25, -0.2) is 9.59 Å². The topological polar surface area (TPSA) is 80.3 Å². The molecule has 0 amide bonds. The van der Waals surface area contributed by atoms with E-state index in [1.54, 1.807) is 12.1 Å². The Kier molecular flexibility index (Phi) is 4.62. The van der Waals surface area contributed by atoms with Crippen LogP contribution in [0.15, 0.2) is 57.7 Å². The Morgan fingerprint density at radius 1 is 1.16 bits per heavy atom. The summed E-state index contributed by atoms with van der Waals surface area (Å²) >= 11 is 0. The molecule has 0 unspecified atom stereocenters. The molecular weight excluding hydrogens is 318 g/mol. The van der Waals surface area contributed by atoms with E-state index in [9.17, 15) is 9.59 Å². The van der Waals surface area contributed by atoms with Crippen LogP contribution in [0.4, 0.5) is 0 Å². The summed E-state index contributed by atoms with van der Waals surface area (Å²) in [6, 6.07) is 15.1. The quantitative estimate of drug-likeness (QED) is 0.538. The van der Waals surface area contributed by atoms with Crippen LogP contribution in [0.25, 0.3) is 11.0 Å².